The Morgan fingerprint density at radius 3 is 2.67 bits per heavy atom. The van der Waals surface area contributed by atoms with Gasteiger partial charge in [-0.2, -0.15) is 0 Å². The standard InChI is InChI=1S/C12H12O2S/c1-12(2,14)11(13)9-7-15-10-6-4-3-5-8(9)10/h3-7,14H,1-2H3. The molecule has 15 heavy (non-hydrogen) atoms. The van der Waals surface area contributed by atoms with Crippen LogP contribution in [0.3, 0.4) is 0 Å². The molecular formula is C12H12O2S. The lowest BCUT2D eigenvalue weighted by Crippen LogP contribution is -2.30. The fourth-order valence-electron chi connectivity index (χ4n) is 1.48. The summed E-state index contributed by atoms with van der Waals surface area (Å²) in [6, 6.07) is 7.72. The lowest BCUT2D eigenvalue weighted by atomic mass is 9.97. The van der Waals surface area contributed by atoms with Crippen LogP contribution in [-0.2, 0) is 0 Å². The van der Waals surface area contributed by atoms with Crippen molar-refractivity contribution >= 4 is 27.2 Å². The predicted molar refractivity (Wildman–Crippen MR) is 62.5 cm³/mol. The van der Waals surface area contributed by atoms with Crippen molar-refractivity contribution in [2.45, 2.75) is 19.4 Å². The number of hydrogen-bond acceptors (Lipinski definition) is 3. The molecule has 2 rings (SSSR count). The van der Waals surface area contributed by atoms with E-state index in [-0.39, 0.29) is 5.78 Å². The largest absolute Gasteiger partial charge is 0.382 e. The Bertz CT molecular complexity index is 506. The molecule has 0 saturated carbocycles. The quantitative estimate of drug-likeness (QED) is 0.790. The molecule has 1 aromatic carbocycles. The van der Waals surface area contributed by atoms with Crippen LogP contribution in [-0.4, -0.2) is 16.5 Å². The number of ketones is 1. The van der Waals surface area contributed by atoms with Gasteiger partial charge in [0.05, 0.1) is 0 Å². The van der Waals surface area contributed by atoms with E-state index in [9.17, 15) is 9.90 Å². The maximum atomic E-state index is 11.9. The molecule has 0 radical (unpaired) electrons. The number of benzene rings is 1. The molecule has 0 aliphatic carbocycles. The highest BCUT2D eigenvalue weighted by atomic mass is 32.1. The van der Waals surface area contributed by atoms with Gasteiger partial charge in [-0.15, -0.1) is 11.3 Å². The van der Waals surface area contributed by atoms with Gasteiger partial charge in [0.1, 0.15) is 5.60 Å². The molecular weight excluding hydrogens is 208 g/mol. The second-order valence-corrected chi connectivity index (χ2v) is 4.94. The first-order valence-electron chi connectivity index (χ1n) is 4.73. The molecule has 0 atom stereocenters. The van der Waals surface area contributed by atoms with Crippen LogP contribution in [0, 0.1) is 0 Å². The smallest absolute Gasteiger partial charge is 0.195 e. The molecule has 0 spiro atoms. The maximum Gasteiger partial charge on any atom is 0.195 e. The monoisotopic (exact) mass is 220 g/mol. The van der Waals surface area contributed by atoms with E-state index in [2.05, 4.69) is 0 Å². The van der Waals surface area contributed by atoms with Gasteiger partial charge >= 0.3 is 0 Å². The molecule has 0 fully saturated rings. The maximum absolute atomic E-state index is 11.9. The second kappa shape index (κ2) is 3.43. The highest BCUT2D eigenvalue weighted by molar-refractivity contribution is 7.17. The number of carbonyl (C=O) groups excluding carboxylic acids is 1. The summed E-state index contributed by atoms with van der Waals surface area (Å²) >= 11 is 1.53. The summed E-state index contributed by atoms with van der Waals surface area (Å²) in [6.07, 6.45) is 0. The first-order valence-corrected chi connectivity index (χ1v) is 5.61. The lowest BCUT2D eigenvalue weighted by molar-refractivity contribution is 0.0490. The molecule has 1 heterocycles. The third kappa shape index (κ3) is 1.80. The number of fused-ring (bicyclic) bond motifs is 1. The van der Waals surface area contributed by atoms with E-state index in [1.807, 2.05) is 29.6 Å². The van der Waals surface area contributed by atoms with Crippen molar-refractivity contribution in [2.75, 3.05) is 0 Å². The molecule has 1 N–H and O–H groups in total. The van der Waals surface area contributed by atoms with Gasteiger partial charge < -0.3 is 5.11 Å². The summed E-state index contributed by atoms with van der Waals surface area (Å²) in [5.41, 5.74) is -0.688. The van der Waals surface area contributed by atoms with Crippen LogP contribution in [0.4, 0.5) is 0 Å². The Hall–Kier alpha value is -1.19. The Kier molecular flexibility index (Phi) is 2.37. The van der Waals surface area contributed by atoms with Crippen LogP contribution in [0.25, 0.3) is 10.1 Å². The van der Waals surface area contributed by atoms with Gasteiger partial charge in [0, 0.05) is 21.0 Å². The van der Waals surface area contributed by atoms with Gasteiger partial charge in [-0.25, -0.2) is 0 Å². The van der Waals surface area contributed by atoms with Crippen LogP contribution in [0.15, 0.2) is 29.6 Å². The number of rotatable bonds is 2. The SMILES string of the molecule is CC(C)(O)C(=O)c1csc2ccccc12. The lowest BCUT2D eigenvalue weighted by Gasteiger charge is -2.14. The van der Waals surface area contributed by atoms with Crippen molar-refractivity contribution in [1.29, 1.82) is 0 Å². The number of Topliss-reactive ketones (excluding diaryl/α,β-unsaturated/α-hetero) is 1. The summed E-state index contributed by atoms with van der Waals surface area (Å²) in [7, 11) is 0. The van der Waals surface area contributed by atoms with Crippen LogP contribution >= 0.6 is 11.3 Å². The molecule has 78 valence electrons. The van der Waals surface area contributed by atoms with E-state index in [0.29, 0.717) is 5.56 Å². The highest BCUT2D eigenvalue weighted by Crippen LogP contribution is 2.28. The third-order valence-corrected chi connectivity index (χ3v) is 3.24. The fourth-order valence-corrected chi connectivity index (χ4v) is 2.42. The number of carbonyl (C=O) groups is 1. The third-order valence-electron chi connectivity index (χ3n) is 2.28. The molecule has 0 unspecified atom stereocenters. The van der Waals surface area contributed by atoms with Gasteiger partial charge in [0.2, 0.25) is 0 Å². The van der Waals surface area contributed by atoms with E-state index < -0.39 is 5.60 Å². The van der Waals surface area contributed by atoms with Crippen LogP contribution < -0.4 is 0 Å². The first-order chi connectivity index (χ1) is 7.00. The average Bonchev–Trinajstić information content (AvgIpc) is 2.58. The molecule has 0 aliphatic rings. The molecule has 1 aromatic heterocycles. The Balaban J connectivity index is 2.58. The molecule has 3 heteroatoms. The van der Waals surface area contributed by atoms with Gasteiger partial charge in [-0.1, -0.05) is 18.2 Å². The normalized spacial score (nSPS) is 11.9. The summed E-state index contributed by atoms with van der Waals surface area (Å²) in [6.45, 7) is 3.03. The summed E-state index contributed by atoms with van der Waals surface area (Å²) in [5, 5.41) is 12.4. The van der Waals surface area contributed by atoms with Crippen molar-refractivity contribution in [2.24, 2.45) is 0 Å². The fraction of sp³-hybridized carbons (Fsp3) is 0.250. The second-order valence-electron chi connectivity index (χ2n) is 4.03. The van der Waals surface area contributed by atoms with E-state index in [0.717, 1.165) is 10.1 Å². The minimum atomic E-state index is -1.30. The van der Waals surface area contributed by atoms with Crippen molar-refractivity contribution in [3.63, 3.8) is 0 Å². The van der Waals surface area contributed by atoms with Gasteiger partial charge in [-0.05, 0) is 19.9 Å². The van der Waals surface area contributed by atoms with E-state index in [1.165, 1.54) is 25.2 Å². The molecule has 0 amide bonds. The zero-order valence-corrected chi connectivity index (χ0v) is 9.47. The number of aliphatic hydroxyl groups is 1. The van der Waals surface area contributed by atoms with Crippen LogP contribution in [0.1, 0.15) is 24.2 Å². The van der Waals surface area contributed by atoms with Crippen LogP contribution in [0.2, 0.25) is 0 Å². The zero-order valence-electron chi connectivity index (χ0n) is 8.65. The molecule has 2 aromatic rings. The Morgan fingerprint density at radius 2 is 2.00 bits per heavy atom. The van der Waals surface area contributed by atoms with E-state index in [4.69, 9.17) is 0 Å². The zero-order chi connectivity index (χ0) is 11.1. The summed E-state index contributed by atoms with van der Waals surface area (Å²) in [5.74, 6) is -0.222. The Labute approximate surface area is 92.2 Å². The minimum absolute atomic E-state index is 0.222. The Morgan fingerprint density at radius 1 is 1.33 bits per heavy atom. The van der Waals surface area contributed by atoms with Gasteiger partial charge in [0.15, 0.2) is 5.78 Å². The van der Waals surface area contributed by atoms with Crippen molar-refractivity contribution in [3.05, 3.63) is 35.2 Å². The molecule has 0 saturated heterocycles. The van der Waals surface area contributed by atoms with Crippen molar-refractivity contribution in [3.8, 4) is 0 Å². The summed E-state index contributed by atoms with van der Waals surface area (Å²) < 4.78 is 1.07. The molecule has 0 bridgehead atoms. The summed E-state index contributed by atoms with van der Waals surface area (Å²) in [4.78, 5) is 11.9. The van der Waals surface area contributed by atoms with Gasteiger partial charge in [-0.3, -0.25) is 4.79 Å². The highest BCUT2D eigenvalue weighted by Gasteiger charge is 2.27. The van der Waals surface area contributed by atoms with Gasteiger partial charge in [0.25, 0.3) is 0 Å². The van der Waals surface area contributed by atoms with Crippen molar-refractivity contribution < 1.29 is 9.90 Å². The number of thiophene rings is 1. The van der Waals surface area contributed by atoms with Crippen LogP contribution in [0.5, 0.6) is 0 Å². The van der Waals surface area contributed by atoms with E-state index >= 15 is 0 Å². The number of hydrogen-bond donors (Lipinski definition) is 1. The first kappa shape index (κ1) is 10.3. The molecule has 0 aliphatic heterocycles. The molecule has 2 nitrogen and oxygen atoms in total. The average molecular weight is 220 g/mol. The minimum Gasteiger partial charge on any atom is -0.382 e. The topological polar surface area (TPSA) is 37.3 Å². The van der Waals surface area contributed by atoms with E-state index in [1.54, 1.807) is 0 Å². The predicted octanol–water partition coefficient (Wildman–Crippen LogP) is 2.85. The van der Waals surface area contributed by atoms with Crippen molar-refractivity contribution in [1.82, 2.24) is 0 Å².